The molecule has 0 amide bonds. The highest BCUT2D eigenvalue weighted by molar-refractivity contribution is 5.55. The second kappa shape index (κ2) is 5.69. The zero-order chi connectivity index (χ0) is 13.8. The minimum Gasteiger partial charge on any atom is -0.399 e. The summed E-state index contributed by atoms with van der Waals surface area (Å²) in [4.78, 5) is 1.96. The molecule has 0 unspecified atom stereocenters. The topological polar surface area (TPSA) is 29.3 Å². The quantitative estimate of drug-likeness (QED) is 0.857. The lowest BCUT2D eigenvalue weighted by Gasteiger charge is -2.19. The van der Waals surface area contributed by atoms with Crippen molar-refractivity contribution in [3.8, 4) is 0 Å². The maximum absolute atomic E-state index is 13.5. The highest BCUT2D eigenvalue weighted by atomic mass is 19.1. The number of rotatable bonds is 4. The van der Waals surface area contributed by atoms with Crippen molar-refractivity contribution < 1.29 is 8.78 Å². The van der Waals surface area contributed by atoms with Crippen LogP contribution in [-0.2, 0) is 6.42 Å². The van der Waals surface area contributed by atoms with Crippen molar-refractivity contribution >= 4 is 11.4 Å². The largest absolute Gasteiger partial charge is 0.399 e. The molecule has 100 valence electrons. The van der Waals surface area contributed by atoms with E-state index < -0.39 is 5.82 Å². The summed E-state index contributed by atoms with van der Waals surface area (Å²) in [5, 5.41) is 0. The van der Waals surface area contributed by atoms with Gasteiger partial charge in [-0.15, -0.1) is 0 Å². The highest BCUT2D eigenvalue weighted by Crippen LogP contribution is 2.17. The number of likely N-dealkylation sites (N-methyl/N-ethyl adjacent to an activating group) is 1. The van der Waals surface area contributed by atoms with Crippen LogP contribution in [0, 0.1) is 11.6 Å². The van der Waals surface area contributed by atoms with Crippen LogP contribution in [-0.4, -0.2) is 13.6 Å². The summed E-state index contributed by atoms with van der Waals surface area (Å²) < 4.78 is 26.5. The van der Waals surface area contributed by atoms with Crippen molar-refractivity contribution in [1.29, 1.82) is 0 Å². The van der Waals surface area contributed by atoms with Crippen molar-refractivity contribution in [2.45, 2.75) is 6.42 Å². The van der Waals surface area contributed by atoms with Crippen LogP contribution in [0.3, 0.4) is 0 Å². The average molecular weight is 262 g/mol. The molecule has 2 N–H and O–H groups in total. The molecule has 0 aliphatic heterocycles. The Morgan fingerprint density at radius 3 is 2.63 bits per heavy atom. The molecule has 0 aromatic heterocycles. The molecule has 0 aliphatic rings. The summed E-state index contributed by atoms with van der Waals surface area (Å²) in [5.41, 5.74) is 7.73. The van der Waals surface area contributed by atoms with Crippen molar-refractivity contribution in [1.82, 2.24) is 0 Å². The molecule has 2 nitrogen and oxygen atoms in total. The third-order valence-electron chi connectivity index (χ3n) is 3.04. The van der Waals surface area contributed by atoms with E-state index in [9.17, 15) is 8.78 Å². The fourth-order valence-electron chi connectivity index (χ4n) is 1.91. The molecule has 19 heavy (non-hydrogen) atoms. The molecule has 2 aromatic carbocycles. The van der Waals surface area contributed by atoms with Crippen LogP contribution >= 0.6 is 0 Å². The molecule has 0 spiro atoms. The summed E-state index contributed by atoms with van der Waals surface area (Å²) >= 11 is 0. The van der Waals surface area contributed by atoms with Gasteiger partial charge in [-0.3, -0.25) is 0 Å². The molecular weight excluding hydrogens is 246 g/mol. The number of benzene rings is 2. The zero-order valence-electron chi connectivity index (χ0n) is 10.7. The van der Waals surface area contributed by atoms with Crippen LogP contribution in [0.25, 0.3) is 0 Å². The normalized spacial score (nSPS) is 10.5. The number of hydrogen-bond donors (Lipinski definition) is 1. The van der Waals surface area contributed by atoms with Crippen LogP contribution in [0.1, 0.15) is 5.56 Å². The number of nitrogens with zero attached hydrogens (tertiary/aromatic N) is 1. The van der Waals surface area contributed by atoms with E-state index in [-0.39, 0.29) is 5.82 Å². The van der Waals surface area contributed by atoms with Gasteiger partial charge in [0.2, 0.25) is 0 Å². The lowest BCUT2D eigenvalue weighted by molar-refractivity contribution is 0.584. The van der Waals surface area contributed by atoms with Gasteiger partial charge in [0.25, 0.3) is 0 Å². The van der Waals surface area contributed by atoms with Gasteiger partial charge in [0, 0.05) is 25.0 Å². The fourth-order valence-corrected chi connectivity index (χ4v) is 1.91. The fraction of sp³-hybridized carbons (Fsp3) is 0.200. The van der Waals surface area contributed by atoms with E-state index in [1.807, 2.05) is 36.2 Å². The summed E-state index contributed by atoms with van der Waals surface area (Å²) in [6.45, 7) is 0.587. The van der Waals surface area contributed by atoms with Crippen LogP contribution in [0.2, 0.25) is 0 Å². The Kier molecular flexibility index (Phi) is 4.00. The van der Waals surface area contributed by atoms with Crippen LogP contribution < -0.4 is 10.6 Å². The van der Waals surface area contributed by atoms with E-state index >= 15 is 0 Å². The highest BCUT2D eigenvalue weighted by Gasteiger charge is 2.06. The van der Waals surface area contributed by atoms with E-state index in [0.29, 0.717) is 24.2 Å². The Hall–Kier alpha value is -2.10. The molecule has 0 heterocycles. The number of nitrogens with two attached hydrogens (primary N) is 1. The van der Waals surface area contributed by atoms with E-state index in [1.54, 1.807) is 0 Å². The average Bonchev–Trinajstić information content (AvgIpc) is 2.39. The van der Waals surface area contributed by atoms with E-state index in [1.165, 1.54) is 6.07 Å². The summed E-state index contributed by atoms with van der Waals surface area (Å²) in [6.07, 6.45) is 0.439. The summed E-state index contributed by atoms with van der Waals surface area (Å²) in [5.74, 6) is -0.787. The third kappa shape index (κ3) is 3.44. The van der Waals surface area contributed by atoms with Gasteiger partial charge >= 0.3 is 0 Å². The molecule has 0 atom stereocenters. The van der Waals surface area contributed by atoms with Crippen molar-refractivity contribution in [2.24, 2.45) is 0 Å². The van der Waals surface area contributed by atoms with Crippen LogP contribution in [0.15, 0.2) is 42.5 Å². The standard InChI is InChI=1S/C15H16F2N2/c1-19(14-4-2-3-13(18)10-14)8-7-11-9-12(16)5-6-15(11)17/h2-6,9-10H,7-8,18H2,1H3. The van der Waals surface area contributed by atoms with E-state index in [2.05, 4.69) is 0 Å². The van der Waals surface area contributed by atoms with Crippen molar-refractivity contribution in [3.05, 3.63) is 59.7 Å². The second-order valence-electron chi connectivity index (χ2n) is 4.50. The molecule has 2 aromatic rings. The Morgan fingerprint density at radius 2 is 1.89 bits per heavy atom. The molecule has 0 saturated carbocycles. The first-order valence-electron chi connectivity index (χ1n) is 6.07. The third-order valence-corrected chi connectivity index (χ3v) is 3.04. The maximum atomic E-state index is 13.5. The molecular formula is C15H16F2N2. The lowest BCUT2D eigenvalue weighted by atomic mass is 10.1. The molecule has 0 aliphatic carbocycles. The monoisotopic (exact) mass is 262 g/mol. The lowest BCUT2D eigenvalue weighted by Crippen LogP contribution is -2.20. The van der Waals surface area contributed by atoms with E-state index in [0.717, 1.165) is 17.8 Å². The van der Waals surface area contributed by atoms with Gasteiger partial charge in [0.15, 0.2) is 0 Å². The van der Waals surface area contributed by atoms with Gasteiger partial charge in [-0.1, -0.05) is 6.07 Å². The van der Waals surface area contributed by atoms with Crippen molar-refractivity contribution in [2.75, 3.05) is 24.2 Å². The van der Waals surface area contributed by atoms with E-state index in [4.69, 9.17) is 5.73 Å². The first kappa shape index (κ1) is 13.3. The van der Waals surface area contributed by atoms with Crippen molar-refractivity contribution in [3.63, 3.8) is 0 Å². The van der Waals surface area contributed by atoms with Gasteiger partial charge in [0.1, 0.15) is 11.6 Å². The first-order valence-corrected chi connectivity index (χ1v) is 6.07. The molecule has 0 fully saturated rings. The SMILES string of the molecule is CN(CCc1cc(F)ccc1F)c1cccc(N)c1. The Labute approximate surface area is 111 Å². The van der Waals surface area contributed by atoms with Crippen LogP contribution in [0.4, 0.5) is 20.2 Å². The Bertz CT molecular complexity index is 570. The zero-order valence-corrected chi connectivity index (χ0v) is 10.7. The number of hydrogen-bond acceptors (Lipinski definition) is 2. The molecule has 4 heteroatoms. The second-order valence-corrected chi connectivity index (χ2v) is 4.50. The maximum Gasteiger partial charge on any atom is 0.126 e. The van der Waals surface area contributed by atoms with Gasteiger partial charge < -0.3 is 10.6 Å². The molecule has 2 rings (SSSR count). The summed E-state index contributed by atoms with van der Waals surface area (Å²) in [6, 6.07) is 11.0. The molecule has 0 bridgehead atoms. The van der Waals surface area contributed by atoms with Gasteiger partial charge in [-0.2, -0.15) is 0 Å². The number of halogens is 2. The number of anilines is 2. The number of nitrogen functional groups attached to an aromatic ring is 1. The predicted octanol–water partition coefficient (Wildman–Crippen LogP) is 3.23. The van der Waals surface area contributed by atoms with Crippen LogP contribution in [0.5, 0.6) is 0 Å². The van der Waals surface area contributed by atoms with Gasteiger partial charge in [0.05, 0.1) is 0 Å². The minimum atomic E-state index is -0.414. The Balaban J connectivity index is 2.04. The summed E-state index contributed by atoms with van der Waals surface area (Å²) in [7, 11) is 1.89. The predicted molar refractivity (Wildman–Crippen MR) is 74.2 cm³/mol. The van der Waals surface area contributed by atoms with Gasteiger partial charge in [-0.05, 0) is 48.4 Å². The molecule has 0 radical (unpaired) electrons. The Morgan fingerprint density at radius 1 is 1.11 bits per heavy atom. The first-order chi connectivity index (χ1) is 9.06. The van der Waals surface area contributed by atoms with Gasteiger partial charge in [-0.25, -0.2) is 8.78 Å². The smallest absolute Gasteiger partial charge is 0.126 e. The minimum absolute atomic E-state index is 0.373. The molecule has 0 saturated heterocycles.